The van der Waals surface area contributed by atoms with Crippen LogP contribution in [-0.2, 0) is 21.4 Å². The van der Waals surface area contributed by atoms with Gasteiger partial charge in [0.2, 0.25) is 5.91 Å². The molecule has 19 heavy (non-hydrogen) atoms. The van der Waals surface area contributed by atoms with E-state index in [1.165, 1.54) is 5.56 Å². The number of aliphatic carboxylic acids is 1. The van der Waals surface area contributed by atoms with Crippen LogP contribution in [0.3, 0.4) is 0 Å². The highest BCUT2D eigenvalue weighted by Gasteiger charge is 2.46. The fourth-order valence-electron chi connectivity index (χ4n) is 2.97. The second-order valence-corrected chi connectivity index (χ2v) is 5.65. The predicted molar refractivity (Wildman–Crippen MR) is 71.3 cm³/mol. The van der Waals surface area contributed by atoms with E-state index in [2.05, 4.69) is 6.07 Å². The zero-order valence-electron chi connectivity index (χ0n) is 11.0. The molecular weight excluding hydrogens is 242 g/mol. The van der Waals surface area contributed by atoms with E-state index in [0.29, 0.717) is 6.42 Å². The van der Waals surface area contributed by atoms with Crippen LogP contribution in [0, 0.1) is 0 Å². The Bertz CT molecular complexity index is 561. The van der Waals surface area contributed by atoms with Crippen LogP contribution in [0.2, 0.25) is 0 Å². The van der Waals surface area contributed by atoms with Gasteiger partial charge in [-0.2, -0.15) is 0 Å². The van der Waals surface area contributed by atoms with Crippen LogP contribution in [0.1, 0.15) is 36.8 Å². The Morgan fingerprint density at radius 3 is 2.74 bits per heavy atom. The third kappa shape index (κ3) is 2.01. The standard InChI is InChI=1S/C15H17NO3/c1-16-12-8-11(15(6-7-15)9-14(18)19)4-2-10(12)3-5-13(16)17/h2,4,8H,3,5-7,9H2,1H3,(H,18,19). The van der Waals surface area contributed by atoms with E-state index >= 15 is 0 Å². The van der Waals surface area contributed by atoms with Gasteiger partial charge in [0.15, 0.2) is 0 Å². The number of benzene rings is 1. The maximum atomic E-state index is 11.7. The van der Waals surface area contributed by atoms with Crippen LogP contribution < -0.4 is 4.90 Å². The molecule has 1 aromatic carbocycles. The fourth-order valence-corrected chi connectivity index (χ4v) is 2.97. The molecule has 0 saturated heterocycles. The van der Waals surface area contributed by atoms with E-state index in [9.17, 15) is 9.59 Å². The van der Waals surface area contributed by atoms with Crippen molar-refractivity contribution in [3.05, 3.63) is 29.3 Å². The van der Waals surface area contributed by atoms with Crippen LogP contribution in [0.5, 0.6) is 0 Å². The van der Waals surface area contributed by atoms with E-state index in [4.69, 9.17) is 5.11 Å². The zero-order valence-corrected chi connectivity index (χ0v) is 11.0. The van der Waals surface area contributed by atoms with Gasteiger partial charge in [0.1, 0.15) is 0 Å². The second kappa shape index (κ2) is 4.08. The number of carboxylic acid groups (broad SMARTS) is 1. The number of carboxylic acids is 1. The molecule has 100 valence electrons. The third-order valence-electron chi connectivity index (χ3n) is 4.38. The Labute approximate surface area is 112 Å². The highest BCUT2D eigenvalue weighted by molar-refractivity contribution is 5.96. The molecule has 0 radical (unpaired) electrons. The molecule has 1 saturated carbocycles. The Kier molecular flexibility index (Phi) is 2.62. The number of hydrogen-bond acceptors (Lipinski definition) is 2. The number of carbonyl (C=O) groups excluding carboxylic acids is 1. The largest absolute Gasteiger partial charge is 0.481 e. The van der Waals surface area contributed by atoms with Crippen molar-refractivity contribution in [1.82, 2.24) is 0 Å². The van der Waals surface area contributed by atoms with Gasteiger partial charge in [-0.15, -0.1) is 0 Å². The maximum Gasteiger partial charge on any atom is 0.304 e. The molecule has 3 rings (SSSR count). The molecule has 1 aromatic rings. The second-order valence-electron chi connectivity index (χ2n) is 5.65. The van der Waals surface area contributed by atoms with Gasteiger partial charge >= 0.3 is 5.97 Å². The van der Waals surface area contributed by atoms with E-state index in [-0.39, 0.29) is 17.7 Å². The van der Waals surface area contributed by atoms with Crippen LogP contribution >= 0.6 is 0 Å². The Balaban J connectivity index is 1.97. The summed E-state index contributed by atoms with van der Waals surface area (Å²) in [4.78, 5) is 24.4. The number of carbonyl (C=O) groups is 2. The number of nitrogens with zero attached hydrogens (tertiary/aromatic N) is 1. The molecule has 0 spiro atoms. The molecule has 0 atom stereocenters. The van der Waals surface area contributed by atoms with Gasteiger partial charge in [-0.3, -0.25) is 9.59 Å². The SMILES string of the molecule is CN1C(=O)CCc2ccc(C3(CC(=O)O)CC3)cc21. The van der Waals surface area contributed by atoms with Gasteiger partial charge in [-0.1, -0.05) is 12.1 Å². The number of rotatable bonds is 3. The molecule has 1 fully saturated rings. The van der Waals surface area contributed by atoms with Gasteiger partial charge in [-0.05, 0) is 36.5 Å². The van der Waals surface area contributed by atoms with Gasteiger partial charge < -0.3 is 10.0 Å². The lowest BCUT2D eigenvalue weighted by Crippen LogP contribution is -2.31. The molecule has 0 unspecified atom stereocenters. The smallest absolute Gasteiger partial charge is 0.304 e. The fraction of sp³-hybridized carbons (Fsp3) is 0.467. The Hall–Kier alpha value is -1.84. The average molecular weight is 259 g/mol. The average Bonchev–Trinajstić information content (AvgIpc) is 3.14. The highest BCUT2D eigenvalue weighted by Crippen LogP contribution is 2.52. The molecule has 1 aliphatic heterocycles. The quantitative estimate of drug-likeness (QED) is 0.904. The van der Waals surface area contributed by atoms with E-state index in [1.807, 2.05) is 12.1 Å². The van der Waals surface area contributed by atoms with Crippen molar-refractivity contribution in [2.45, 2.75) is 37.5 Å². The summed E-state index contributed by atoms with van der Waals surface area (Å²) in [6.07, 6.45) is 3.38. The number of amides is 1. The lowest BCUT2D eigenvalue weighted by atomic mass is 9.89. The van der Waals surface area contributed by atoms with E-state index < -0.39 is 5.97 Å². The van der Waals surface area contributed by atoms with Gasteiger partial charge in [0.05, 0.1) is 6.42 Å². The zero-order chi connectivity index (χ0) is 13.6. The predicted octanol–water partition coefficient (Wildman–Crippen LogP) is 2.10. The first kappa shape index (κ1) is 12.2. The first-order chi connectivity index (χ1) is 9.02. The molecule has 0 bridgehead atoms. The highest BCUT2D eigenvalue weighted by atomic mass is 16.4. The lowest BCUT2D eigenvalue weighted by Gasteiger charge is -2.27. The monoisotopic (exact) mass is 259 g/mol. The van der Waals surface area contributed by atoms with Crippen LogP contribution in [0.4, 0.5) is 5.69 Å². The van der Waals surface area contributed by atoms with Crippen LogP contribution in [0.25, 0.3) is 0 Å². The van der Waals surface area contributed by atoms with E-state index in [1.54, 1.807) is 11.9 Å². The molecule has 0 aromatic heterocycles. The first-order valence-corrected chi connectivity index (χ1v) is 6.64. The number of anilines is 1. The molecule has 1 amide bonds. The Morgan fingerprint density at radius 1 is 1.37 bits per heavy atom. The third-order valence-corrected chi connectivity index (χ3v) is 4.38. The maximum absolute atomic E-state index is 11.7. The topological polar surface area (TPSA) is 57.6 Å². The van der Waals surface area contributed by atoms with E-state index in [0.717, 1.165) is 30.5 Å². The molecule has 4 heteroatoms. The Morgan fingerprint density at radius 2 is 2.11 bits per heavy atom. The van der Waals surface area contributed by atoms with Crippen molar-refractivity contribution in [2.24, 2.45) is 0 Å². The molecule has 4 nitrogen and oxygen atoms in total. The van der Waals surface area contributed by atoms with Crippen molar-refractivity contribution in [3.63, 3.8) is 0 Å². The molecular formula is C15H17NO3. The van der Waals surface area contributed by atoms with Crippen molar-refractivity contribution in [1.29, 1.82) is 0 Å². The normalized spacial score (nSPS) is 20.1. The summed E-state index contributed by atoms with van der Waals surface area (Å²) >= 11 is 0. The molecule has 1 heterocycles. The van der Waals surface area contributed by atoms with Crippen molar-refractivity contribution < 1.29 is 14.7 Å². The van der Waals surface area contributed by atoms with Crippen molar-refractivity contribution >= 4 is 17.6 Å². The van der Waals surface area contributed by atoms with Gasteiger partial charge in [0, 0.05) is 24.6 Å². The molecule has 1 N–H and O–H groups in total. The van der Waals surface area contributed by atoms with Crippen molar-refractivity contribution in [2.75, 3.05) is 11.9 Å². The van der Waals surface area contributed by atoms with Crippen molar-refractivity contribution in [3.8, 4) is 0 Å². The minimum Gasteiger partial charge on any atom is -0.481 e. The summed E-state index contributed by atoms with van der Waals surface area (Å²) in [5.41, 5.74) is 3.00. The van der Waals surface area contributed by atoms with Gasteiger partial charge in [0.25, 0.3) is 0 Å². The van der Waals surface area contributed by atoms with Crippen LogP contribution in [0.15, 0.2) is 18.2 Å². The summed E-state index contributed by atoms with van der Waals surface area (Å²) in [5, 5.41) is 9.02. The minimum absolute atomic E-state index is 0.132. The molecule has 1 aliphatic carbocycles. The minimum atomic E-state index is -0.750. The summed E-state index contributed by atoms with van der Waals surface area (Å²) in [6, 6.07) is 6.11. The van der Waals surface area contributed by atoms with Crippen LogP contribution in [-0.4, -0.2) is 24.0 Å². The number of aryl methyl sites for hydroxylation is 1. The lowest BCUT2D eigenvalue weighted by molar-refractivity contribution is -0.137. The summed E-state index contributed by atoms with van der Waals surface area (Å²) in [7, 11) is 1.79. The summed E-state index contributed by atoms with van der Waals surface area (Å²) < 4.78 is 0. The summed E-state index contributed by atoms with van der Waals surface area (Å²) in [6.45, 7) is 0. The molecule has 2 aliphatic rings. The number of fused-ring (bicyclic) bond motifs is 1. The first-order valence-electron chi connectivity index (χ1n) is 6.64. The number of hydrogen-bond donors (Lipinski definition) is 1. The summed E-state index contributed by atoms with van der Waals surface area (Å²) in [5.74, 6) is -0.618. The van der Waals surface area contributed by atoms with Gasteiger partial charge in [-0.25, -0.2) is 0 Å².